The lowest BCUT2D eigenvalue weighted by atomic mass is 10.2. The quantitative estimate of drug-likeness (QED) is 0.679. The summed E-state index contributed by atoms with van der Waals surface area (Å²) in [6, 6.07) is 17.7. The highest BCUT2D eigenvalue weighted by Crippen LogP contribution is 2.16. The molecule has 1 heterocycles. The third-order valence-electron chi connectivity index (χ3n) is 3.23. The Bertz CT molecular complexity index is 793. The Hall–Kier alpha value is -2.34. The molecule has 5 nitrogen and oxygen atoms in total. The second-order valence-electron chi connectivity index (χ2n) is 4.89. The first-order chi connectivity index (χ1) is 10.7. The minimum atomic E-state index is -0.211. The number of thioether (sulfide) groups is 1. The highest BCUT2D eigenvalue weighted by atomic mass is 32.2. The number of aryl methyl sites for hydroxylation is 2. The summed E-state index contributed by atoms with van der Waals surface area (Å²) in [5, 5.41) is 7.90. The van der Waals surface area contributed by atoms with Crippen molar-refractivity contribution >= 4 is 11.8 Å². The monoisotopic (exact) mass is 312 g/mol. The first-order valence-corrected chi connectivity index (χ1v) is 8.00. The summed E-state index contributed by atoms with van der Waals surface area (Å²) in [4.78, 5) is 13.5. The normalized spacial score (nSPS) is 10.8. The topological polar surface area (TPSA) is 52.7 Å². The third kappa shape index (κ3) is 3.28. The van der Waals surface area contributed by atoms with E-state index >= 15 is 0 Å². The molecule has 0 aliphatic heterocycles. The summed E-state index contributed by atoms with van der Waals surface area (Å²) in [6.07, 6.45) is 0. The maximum atomic E-state index is 12.3. The number of hydrogen-bond donors (Lipinski definition) is 0. The summed E-state index contributed by atoms with van der Waals surface area (Å²) in [6.45, 7) is 2.54. The SMILES string of the molecule is Cc1ccc(-n2nnn(CCSc3ccccc3)c2=O)cc1. The van der Waals surface area contributed by atoms with Crippen LogP contribution in [0.2, 0.25) is 0 Å². The van der Waals surface area contributed by atoms with Gasteiger partial charge in [0.2, 0.25) is 0 Å². The molecule has 0 fully saturated rings. The molecule has 112 valence electrons. The van der Waals surface area contributed by atoms with Crippen LogP contribution < -0.4 is 5.69 Å². The molecule has 6 heteroatoms. The van der Waals surface area contributed by atoms with Crippen molar-refractivity contribution in [1.29, 1.82) is 0 Å². The van der Waals surface area contributed by atoms with Crippen molar-refractivity contribution < 1.29 is 0 Å². The fraction of sp³-hybridized carbons (Fsp3) is 0.188. The highest BCUT2D eigenvalue weighted by Gasteiger charge is 2.08. The number of hydrogen-bond acceptors (Lipinski definition) is 4. The fourth-order valence-electron chi connectivity index (χ4n) is 2.03. The zero-order chi connectivity index (χ0) is 15.4. The Morgan fingerprint density at radius 1 is 1.00 bits per heavy atom. The zero-order valence-electron chi connectivity index (χ0n) is 12.2. The van der Waals surface area contributed by atoms with E-state index in [0.717, 1.165) is 17.0 Å². The van der Waals surface area contributed by atoms with Gasteiger partial charge < -0.3 is 0 Å². The number of benzene rings is 2. The molecule has 2 aromatic carbocycles. The van der Waals surface area contributed by atoms with Crippen molar-refractivity contribution in [2.24, 2.45) is 0 Å². The molecular formula is C16H16N4OS. The smallest absolute Gasteiger partial charge is 0.244 e. The maximum Gasteiger partial charge on any atom is 0.368 e. The van der Waals surface area contributed by atoms with Gasteiger partial charge in [-0.3, -0.25) is 0 Å². The van der Waals surface area contributed by atoms with Crippen LogP contribution in [0, 0.1) is 6.92 Å². The maximum absolute atomic E-state index is 12.3. The van der Waals surface area contributed by atoms with E-state index in [1.54, 1.807) is 11.8 Å². The van der Waals surface area contributed by atoms with Crippen LogP contribution in [-0.4, -0.2) is 25.5 Å². The molecule has 3 rings (SSSR count). The Morgan fingerprint density at radius 2 is 1.73 bits per heavy atom. The zero-order valence-corrected chi connectivity index (χ0v) is 13.0. The summed E-state index contributed by atoms with van der Waals surface area (Å²) in [7, 11) is 0. The minimum Gasteiger partial charge on any atom is -0.244 e. The van der Waals surface area contributed by atoms with Gasteiger partial charge >= 0.3 is 5.69 Å². The summed E-state index contributed by atoms with van der Waals surface area (Å²) >= 11 is 1.69. The van der Waals surface area contributed by atoms with Crippen molar-refractivity contribution in [3.8, 4) is 5.69 Å². The fourth-order valence-corrected chi connectivity index (χ4v) is 2.88. The van der Waals surface area contributed by atoms with Gasteiger partial charge in [0.1, 0.15) is 0 Å². The van der Waals surface area contributed by atoms with Gasteiger partial charge in [0, 0.05) is 10.6 Å². The minimum absolute atomic E-state index is 0.211. The highest BCUT2D eigenvalue weighted by molar-refractivity contribution is 7.99. The second-order valence-corrected chi connectivity index (χ2v) is 6.06. The molecule has 3 aromatic rings. The Labute approximate surface area is 132 Å². The molecule has 0 unspecified atom stereocenters. The predicted molar refractivity (Wildman–Crippen MR) is 87.5 cm³/mol. The van der Waals surface area contributed by atoms with Crippen LogP contribution in [-0.2, 0) is 6.54 Å². The molecule has 0 N–H and O–H groups in total. The van der Waals surface area contributed by atoms with Gasteiger partial charge in [0.05, 0.1) is 12.2 Å². The predicted octanol–water partition coefficient (Wildman–Crippen LogP) is 2.53. The number of rotatable bonds is 5. The van der Waals surface area contributed by atoms with Crippen LogP contribution in [0.1, 0.15) is 5.56 Å². The van der Waals surface area contributed by atoms with Crippen molar-refractivity contribution in [1.82, 2.24) is 19.8 Å². The van der Waals surface area contributed by atoms with Gasteiger partial charge in [-0.2, -0.15) is 9.36 Å². The first-order valence-electron chi connectivity index (χ1n) is 7.02. The molecular weight excluding hydrogens is 296 g/mol. The lowest BCUT2D eigenvalue weighted by Gasteiger charge is -2.00. The van der Waals surface area contributed by atoms with E-state index in [-0.39, 0.29) is 5.69 Å². The van der Waals surface area contributed by atoms with Crippen molar-refractivity contribution in [2.75, 3.05) is 5.75 Å². The molecule has 0 saturated carbocycles. The van der Waals surface area contributed by atoms with E-state index in [1.807, 2.05) is 49.4 Å². The van der Waals surface area contributed by atoms with Gasteiger partial charge in [-0.1, -0.05) is 35.9 Å². The van der Waals surface area contributed by atoms with Gasteiger partial charge in [0.15, 0.2) is 0 Å². The molecule has 0 saturated heterocycles. The van der Waals surface area contributed by atoms with Crippen molar-refractivity contribution in [2.45, 2.75) is 18.4 Å². The summed E-state index contributed by atoms with van der Waals surface area (Å²) < 4.78 is 2.72. The molecule has 0 aliphatic rings. The van der Waals surface area contributed by atoms with E-state index in [9.17, 15) is 4.79 Å². The van der Waals surface area contributed by atoms with E-state index in [2.05, 4.69) is 22.6 Å². The average Bonchev–Trinajstić information content (AvgIpc) is 2.90. The van der Waals surface area contributed by atoms with Crippen LogP contribution in [0.3, 0.4) is 0 Å². The standard InChI is InChI=1S/C16H16N4OS/c1-13-7-9-14(10-8-13)20-16(21)19(17-18-20)11-12-22-15-5-3-2-4-6-15/h2-10H,11-12H2,1H3. The second kappa shape index (κ2) is 6.62. The third-order valence-corrected chi connectivity index (χ3v) is 4.23. The Kier molecular flexibility index (Phi) is 4.39. The largest absolute Gasteiger partial charge is 0.368 e. The van der Waals surface area contributed by atoms with Crippen LogP contribution in [0.5, 0.6) is 0 Å². The molecule has 0 spiro atoms. The van der Waals surface area contributed by atoms with Gasteiger partial charge in [0.25, 0.3) is 0 Å². The van der Waals surface area contributed by atoms with Crippen LogP contribution in [0.25, 0.3) is 5.69 Å². The van der Waals surface area contributed by atoms with E-state index in [4.69, 9.17) is 0 Å². The average molecular weight is 312 g/mol. The Balaban J connectivity index is 1.68. The van der Waals surface area contributed by atoms with E-state index in [1.165, 1.54) is 14.3 Å². The molecule has 0 amide bonds. The summed E-state index contributed by atoms with van der Waals surface area (Å²) in [5.41, 5.74) is 1.67. The lowest BCUT2D eigenvalue weighted by Crippen LogP contribution is -2.25. The number of aromatic nitrogens is 4. The molecule has 0 radical (unpaired) electrons. The molecule has 0 bridgehead atoms. The molecule has 1 aromatic heterocycles. The molecule has 22 heavy (non-hydrogen) atoms. The number of nitrogens with zero attached hydrogens (tertiary/aromatic N) is 4. The Morgan fingerprint density at radius 3 is 2.45 bits per heavy atom. The van der Waals surface area contributed by atoms with Crippen molar-refractivity contribution in [3.05, 3.63) is 70.6 Å². The van der Waals surface area contributed by atoms with Crippen LogP contribution in [0.4, 0.5) is 0 Å². The van der Waals surface area contributed by atoms with E-state index in [0.29, 0.717) is 6.54 Å². The van der Waals surface area contributed by atoms with Crippen LogP contribution >= 0.6 is 11.8 Å². The lowest BCUT2D eigenvalue weighted by molar-refractivity contribution is 0.615. The van der Waals surface area contributed by atoms with Crippen molar-refractivity contribution in [3.63, 3.8) is 0 Å². The summed E-state index contributed by atoms with van der Waals surface area (Å²) in [5.74, 6) is 0.774. The van der Waals surface area contributed by atoms with Gasteiger partial charge in [-0.15, -0.1) is 11.8 Å². The molecule has 0 aliphatic carbocycles. The number of tetrazole rings is 1. The van der Waals surface area contributed by atoms with Crippen LogP contribution in [0.15, 0.2) is 64.3 Å². The van der Waals surface area contributed by atoms with Gasteiger partial charge in [-0.05, 0) is 41.6 Å². The molecule has 0 atom stereocenters. The van der Waals surface area contributed by atoms with Gasteiger partial charge in [-0.25, -0.2) is 4.79 Å². The first kappa shape index (κ1) is 14.6. The van der Waals surface area contributed by atoms with E-state index < -0.39 is 0 Å².